The standard InChI is InChI=1S/C23H21N3O6/c1-13(22(28)29)26-21(27)20-19(32-12-25-20)10-24-23(30)31-11-18-16-8-4-2-6-14(16)15-7-3-5-9-17(15)18/h2-9,12-13,18H,10-11H2,1H3,(H,24,30)(H,26,27)(H,28,29)/t13-/m0/s1. The molecule has 1 aromatic heterocycles. The van der Waals surface area contributed by atoms with Crippen molar-refractivity contribution in [1.82, 2.24) is 15.6 Å². The van der Waals surface area contributed by atoms with Crippen LogP contribution in [0.3, 0.4) is 0 Å². The van der Waals surface area contributed by atoms with Crippen LogP contribution in [0.25, 0.3) is 11.1 Å². The Morgan fingerprint density at radius 3 is 2.34 bits per heavy atom. The van der Waals surface area contributed by atoms with Crippen LogP contribution in [0.15, 0.2) is 59.3 Å². The van der Waals surface area contributed by atoms with Gasteiger partial charge in [0.15, 0.2) is 17.8 Å². The SMILES string of the molecule is C[C@H](NC(=O)c1ncoc1CNC(=O)OCC1c2ccccc2-c2ccccc21)C(=O)O. The Morgan fingerprint density at radius 2 is 1.72 bits per heavy atom. The minimum absolute atomic E-state index is 0.0720. The van der Waals surface area contributed by atoms with Crippen LogP contribution < -0.4 is 10.6 Å². The molecule has 2 aromatic carbocycles. The molecule has 0 spiro atoms. The van der Waals surface area contributed by atoms with Gasteiger partial charge in [0.2, 0.25) is 0 Å². The van der Waals surface area contributed by atoms with Gasteiger partial charge >= 0.3 is 12.1 Å². The summed E-state index contributed by atoms with van der Waals surface area (Å²) < 4.78 is 10.6. The Balaban J connectivity index is 1.36. The maximum atomic E-state index is 12.3. The summed E-state index contributed by atoms with van der Waals surface area (Å²) in [5.74, 6) is -1.87. The lowest BCUT2D eigenvalue weighted by Crippen LogP contribution is -2.39. The maximum absolute atomic E-state index is 12.3. The van der Waals surface area contributed by atoms with Gasteiger partial charge in [-0.15, -0.1) is 0 Å². The monoisotopic (exact) mass is 435 g/mol. The normalized spacial score (nSPS) is 13.0. The summed E-state index contributed by atoms with van der Waals surface area (Å²) in [6.07, 6.45) is 0.378. The van der Waals surface area contributed by atoms with E-state index in [1.165, 1.54) is 6.92 Å². The van der Waals surface area contributed by atoms with E-state index in [0.29, 0.717) is 0 Å². The molecule has 2 amide bonds. The first-order chi connectivity index (χ1) is 15.5. The van der Waals surface area contributed by atoms with Gasteiger partial charge in [0, 0.05) is 5.92 Å². The molecule has 0 saturated heterocycles. The van der Waals surface area contributed by atoms with Crippen molar-refractivity contribution < 1.29 is 28.6 Å². The number of aromatic nitrogens is 1. The Kier molecular flexibility index (Phi) is 5.89. The van der Waals surface area contributed by atoms with Crippen molar-refractivity contribution in [2.45, 2.75) is 25.4 Å². The number of amides is 2. The molecular formula is C23H21N3O6. The fraction of sp³-hybridized carbons (Fsp3) is 0.217. The smallest absolute Gasteiger partial charge is 0.407 e. The molecule has 3 aromatic rings. The molecular weight excluding hydrogens is 414 g/mol. The third kappa shape index (κ3) is 4.18. The Morgan fingerprint density at radius 1 is 1.09 bits per heavy atom. The van der Waals surface area contributed by atoms with E-state index in [4.69, 9.17) is 14.3 Å². The third-order valence-corrected chi connectivity index (χ3v) is 5.31. The number of rotatable bonds is 7. The van der Waals surface area contributed by atoms with Gasteiger partial charge in [0.25, 0.3) is 5.91 Å². The van der Waals surface area contributed by atoms with Gasteiger partial charge in [-0.1, -0.05) is 48.5 Å². The second-order valence-corrected chi connectivity index (χ2v) is 7.34. The number of nitrogens with zero attached hydrogens (tertiary/aromatic N) is 1. The molecule has 9 nitrogen and oxygen atoms in total. The number of carboxylic acid groups (broad SMARTS) is 1. The molecule has 32 heavy (non-hydrogen) atoms. The van der Waals surface area contributed by atoms with E-state index < -0.39 is 24.0 Å². The maximum Gasteiger partial charge on any atom is 0.407 e. The lowest BCUT2D eigenvalue weighted by Gasteiger charge is -2.14. The molecule has 0 fully saturated rings. The summed E-state index contributed by atoms with van der Waals surface area (Å²) in [5.41, 5.74) is 4.36. The van der Waals surface area contributed by atoms with E-state index in [9.17, 15) is 14.4 Å². The summed E-state index contributed by atoms with van der Waals surface area (Å²) in [4.78, 5) is 39.2. The number of carbonyl (C=O) groups is 3. The van der Waals surface area contributed by atoms with Gasteiger partial charge in [0.1, 0.15) is 12.6 Å². The lowest BCUT2D eigenvalue weighted by molar-refractivity contribution is -0.138. The predicted molar refractivity (Wildman–Crippen MR) is 113 cm³/mol. The summed E-state index contributed by atoms with van der Waals surface area (Å²) >= 11 is 0. The van der Waals surface area contributed by atoms with Crippen LogP contribution in [-0.4, -0.2) is 40.7 Å². The van der Waals surface area contributed by atoms with E-state index in [-0.39, 0.29) is 30.5 Å². The number of ether oxygens (including phenoxy) is 1. The number of carbonyl (C=O) groups excluding carboxylic acids is 2. The van der Waals surface area contributed by atoms with Gasteiger partial charge in [-0.2, -0.15) is 0 Å². The first kappa shape index (κ1) is 21.1. The van der Waals surface area contributed by atoms with Crippen LogP contribution in [0.1, 0.15) is 40.2 Å². The summed E-state index contributed by atoms with van der Waals surface area (Å²) in [5, 5.41) is 13.7. The Hall–Kier alpha value is -4.14. The molecule has 1 heterocycles. The van der Waals surface area contributed by atoms with Crippen molar-refractivity contribution in [2.24, 2.45) is 0 Å². The van der Waals surface area contributed by atoms with Gasteiger partial charge in [-0.05, 0) is 29.2 Å². The number of alkyl carbamates (subject to hydrolysis) is 1. The number of oxazole rings is 1. The lowest BCUT2D eigenvalue weighted by atomic mass is 9.98. The van der Waals surface area contributed by atoms with Crippen molar-refractivity contribution in [3.8, 4) is 11.1 Å². The average Bonchev–Trinajstić information content (AvgIpc) is 3.39. The van der Waals surface area contributed by atoms with E-state index in [1.807, 2.05) is 36.4 Å². The minimum Gasteiger partial charge on any atom is -0.480 e. The zero-order valence-electron chi connectivity index (χ0n) is 17.2. The van der Waals surface area contributed by atoms with E-state index >= 15 is 0 Å². The molecule has 0 aliphatic heterocycles. The molecule has 3 N–H and O–H groups in total. The summed E-state index contributed by atoms with van der Waals surface area (Å²) in [6.45, 7) is 1.34. The zero-order chi connectivity index (χ0) is 22.7. The van der Waals surface area contributed by atoms with Crippen molar-refractivity contribution in [3.05, 3.63) is 77.5 Å². The van der Waals surface area contributed by atoms with E-state index in [0.717, 1.165) is 28.6 Å². The molecule has 0 saturated carbocycles. The summed E-state index contributed by atoms with van der Waals surface area (Å²) in [6, 6.07) is 14.9. The first-order valence-corrected chi connectivity index (χ1v) is 10.0. The number of fused-ring (bicyclic) bond motifs is 3. The number of hydrogen-bond donors (Lipinski definition) is 3. The van der Waals surface area contributed by atoms with Gasteiger partial charge in [0.05, 0.1) is 6.54 Å². The number of hydrogen-bond acceptors (Lipinski definition) is 6. The first-order valence-electron chi connectivity index (χ1n) is 10.0. The van der Waals surface area contributed by atoms with Gasteiger partial charge in [-0.3, -0.25) is 9.59 Å². The molecule has 0 unspecified atom stereocenters. The van der Waals surface area contributed by atoms with Gasteiger partial charge in [-0.25, -0.2) is 9.78 Å². The average molecular weight is 435 g/mol. The highest BCUT2D eigenvalue weighted by atomic mass is 16.5. The third-order valence-electron chi connectivity index (χ3n) is 5.31. The van der Waals surface area contributed by atoms with Crippen LogP contribution in [0.5, 0.6) is 0 Å². The Bertz CT molecular complexity index is 1130. The highest BCUT2D eigenvalue weighted by Gasteiger charge is 2.29. The number of aliphatic carboxylic acids is 1. The van der Waals surface area contributed by atoms with Crippen LogP contribution in [0.4, 0.5) is 4.79 Å². The minimum atomic E-state index is -1.18. The number of nitrogens with one attached hydrogen (secondary N) is 2. The van der Waals surface area contributed by atoms with Crippen LogP contribution >= 0.6 is 0 Å². The topological polar surface area (TPSA) is 131 Å². The van der Waals surface area contributed by atoms with E-state index in [1.54, 1.807) is 0 Å². The zero-order valence-corrected chi connectivity index (χ0v) is 17.2. The molecule has 4 rings (SSSR count). The molecule has 164 valence electrons. The fourth-order valence-electron chi connectivity index (χ4n) is 3.71. The predicted octanol–water partition coefficient (Wildman–Crippen LogP) is 2.92. The largest absolute Gasteiger partial charge is 0.480 e. The van der Waals surface area contributed by atoms with Crippen molar-refractivity contribution >= 4 is 18.0 Å². The highest BCUT2D eigenvalue weighted by Crippen LogP contribution is 2.44. The van der Waals surface area contributed by atoms with Crippen LogP contribution in [0, 0.1) is 0 Å². The van der Waals surface area contributed by atoms with Crippen LogP contribution in [0.2, 0.25) is 0 Å². The number of carboxylic acids is 1. The van der Waals surface area contributed by atoms with Gasteiger partial charge < -0.3 is 24.9 Å². The molecule has 1 atom stereocenters. The second-order valence-electron chi connectivity index (χ2n) is 7.34. The molecule has 0 radical (unpaired) electrons. The van der Waals surface area contributed by atoms with Crippen molar-refractivity contribution in [1.29, 1.82) is 0 Å². The number of benzene rings is 2. The quantitative estimate of drug-likeness (QED) is 0.520. The molecule has 1 aliphatic carbocycles. The van der Waals surface area contributed by atoms with Crippen LogP contribution in [-0.2, 0) is 16.1 Å². The second kappa shape index (κ2) is 8.93. The summed E-state index contributed by atoms with van der Waals surface area (Å²) in [7, 11) is 0. The fourth-order valence-corrected chi connectivity index (χ4v) is 3.71. The molecule has 1 aliphatic rings. The van der Waals surface area contributed by atoms with Crippen molar-refractivity contribution in [2.75, 3.05) is 6.61 Å². The van der Waals surface area contributed by atoms with E-state index in [2.05, 4.69) is 27.8 Å². The van der Waals surface area contributed by atoms with Crippen molar-refractivity contribution in [3.63, 3.8) is 0 Å². The Labute approximate surface area is 183 Å². The molecule has 0 bridgehead atoms. The highest BCUT2D eigenvalue weighted by molar-refractivity contribution is 5.95. The molecule has 9 heteroatoms.